The quantitative estimate of drug-likeness (QED) is 0.448. The molecule has 6 heteroatoms. The van der Waals surface area contributed by atoms with Crippen molar-refractivity contribution in [3.05, 3.63) is 63.6 Å². The third-order valence-electron chi connectivity index (χ3n) is 5.31. The monoisotopic (exact) mass is 440 g/mol. The fourth-order valence-electron chi connectivity index (χ4n) is 2.39. The minimum atomic E-state index is -1.78. The summed E-state index contributed by atoms with van der Waals surface area (Å²) in [6.45, 7) is 12.1. The van der Waals surface area contributed by atoms with Gasteiger partial charge in [-0.15, -0.1) is 0 Å². The van der Waals surface area contributed by atoms with Gasteiger partial charge in [-0.2, -0.15) is 0 Å². The lowest BCUT2D eigenvalue weighted by atomic mass is 10.1. The van der Waals surface area contributed by atoms with E-state index in [2.05, 4.69) is 33.9 Å². The molecule has 0 saturated carbocycles. The van der Waals surface area contributed by atoms with Gasteiger partial charge in [-0.05, 0) is 59.9 Å². The normalized spacial score (nSPS) is 13.4. The molecule has 0 unspecified atom stereocenters. The van der Waals surface area contributed by atoms with Crippen LogP contribution in [0.1, 0.15) is 44.4 Å². The van der Waals surface area contributed by atoms with Gasteiger partial charge in [-0.3, -0.25) is 0 Å². The molecule has 0 aliphatic heterocycles. The molecule has 154 valence electrons. The van der Waals surface area contributed by atoms with Gasteiger partial charge in [0, 0.05) is 6.61 Å². The van der Waals surface area contributed by atoms with Gasteiger partial charge in [0.1, 0.15) is 12.4 Å². The van der Waals surface area contributed by atoms with Crippen LogP contribution in [0.25, 0.3) is 0 Å². The lowest BCUT2D eigenvalue weighted by Crippen LogP contribution is -2.41. The van der Waals surface area contributed by atoms with Crippen molar-refractivity contribution in [2.75, 3.05) is 6.61 Å². The second-order valence-corrected chi connectivity index (χ2v) is 14.1. The Morgan fingerprint density at radius 3 is 2.21 bits per heavy atom. The summed E-state index contributed by atoms with van der Waals surface area (Å²) in [6.07, 6.45) is 0.0320. The van der Waals surface area contributed by atoms with Crippen LogP contribution in [0.15, 0.2) is 42.5 Å². The van der Waals surface area contributed by atoms with Gasteiger partial charge in [0.2, 0.25) is 0 Å². The lowest BCUT2D eigenvalue weighted by molar-refractivity contribution is 0.136. The zero-order chi connectivity index (χ0) is 20.9. The van der Waals surface area contributed by atoms with Gasteiger partial charge in [0.15, 0.2) is 8.32 Å². The number of aliphatic hydroxyl groups excluding tert-OH is 1. The molecule has 0 aliphatic rings. The molecule has 28 heavy (non-hydrogen) atoms. The highest BCUT2D eigenvalue weighted by Crippen LogP contribution is 2.37. The highest BCUT2D eigenvalue weighted by atomic mass is 35.5. The summed E-state index contributed by atoms with van der Waals surface area (Å²) in [5.74, 6) is 0.736. The molecule has 1 N–H and O–H groups in total. The Bertz CT molecular complexity index is 770. The Labute approximate surface area is 179 Å². The molecule has 0 bridgehead atoms. The molecule has 2 aromatic carbocycles. The molecule has 0 radical (unpaired) electrons. The molecule has 0 aliphatic carbocycles. The average molecular weight is 441 g/mol. The molecule has 0 spiro atoms. The molecular formula is C22H30Cl2O3Si. The smallest absolute Gasteiger partial charge is 0.191 e. The van der Waals surface area contributed by atoms with Crippen molar-refractivity contribution in [2.24, 2.45) is 0 Å². The zero-order valence-corrected chi connectivity index (χ0v) is 19.8. The van der Waals surface area contributed by atoms with E-state index in [9.17, 15) is 5.11 Å². The largest absolute Gasteiger partial charge is 0.489 e. The van der Waals surface area contributed by atoms with Crippen LogP contribution >= 0.6 is 23.2 Å². The first kappa shape index (κ1) is 23.2. The first-order valence-electron chi connectivity index (χ1n) is 9.48. The highest BCUT2D eigenvalue weighted by Gasteiger charge is 2.37. The fraction of sp³-hybridized carbons (Fsp3) is 0.455. The fourth-order valence-corrected chi connectivity index (χ4v) is 3.77. The van der Waals surface area contributed by atoms with E-state index in [1.807, 2.05) is 30.3 Å². The van der Waals surface area contributed by atoms with Gasteiger partial charge in [0.25, 0.3) is 0 Å². The van der Waals surface area contributed by atoms with Crippen molar-refractivity contribution in [1.82, 2.24) is 0 Å². The molecule has 0 fully saturated rings. The number of halogens is 2. The van der Waals surface area contributed by atoms with Crippen molar-refractivity contribution < 1.29 is 14.3 Å². The number of benzene rings is 2. The minimum absolute atomic E-state index is 0.172. The van der Waals surface area contributed by atoms with Crippen molar-refractivity contribution in [2.45, 2.75) is 58.0 Å². The summed E-state index contributed by atoms with van der Waals surface area (Å²) >= 11 is 11.9. The third-order valence-corrected chi connectivity index (χ3v) is 10.6. The first-order valence-corrected chi connectivity index (χ1v) is 13.1. The number of hydrogen-bond acceptors (Lipinski definition) is 3. The Morgan fingerprint density at radius 2 is 1.64 bits per heavy atom. The maximum absolute atomic E-state index is 10.4. The Morgan fingerprint density at radius 1 is 1.00 bits per heavy atom. The summed E-state index contributed by atoms with van der Waals surface area (Å²) < 4.78 is 11.9. The van der Waals surface area contributed by atoms with Crippen LogP contribution in [-0.4, -0.2) is 20.0 Å². The van der Waals surface area contributed by atoms with E-state index in [4.69, 9.17) is 32.4 Å². The molecule has 0 aromatic heterocycles. The van der Waals surface area contributed by atoms with Crippen molar-refractivity contribution in [1.29, 1.82) is 0 Å². The highest BCUT2D eigenvalue weighted by molar-refractivity contribution is 6.74. The average Bonchev–Trinajstić information content (AvgIpc) is 2.62. The second kappa shape index (κ2) is 9.64. The van der Waals surface area contributed by atoms with Crippen LogP contribution in [0.5, 0.6) is 5.75 Å². The summed E-state index contributed by atoms with van der Waals surface area (Å²) in [7, 11) is -1.78. The summed E-state index contributed by atoms with van der Waals surface area (Å²) in [5, 5.41) is 11.7. The molecule has 2 rings (SSSR count). The SMILES string of the molecule is CC(C)(C)[Si](C)(C)OCC[C@@H](O)c1ccc(OCc2ccc(Cl)c(Cl)c2)cc1. The Kier molecular flexibility index (Phi) is 8.00. The van der Waals surface area contributed by atoms with Crippen molar-refractivity contribution in [3.63, 3.8) is 0 Å². The third kappa shape index (κ3) is 6.50. The molecular weight excluding hydrogens is 411 g/mol. The van der Waals surface area contributed by atoms with Crippen LogP contribution in [0, 0.1) is 0 Å². The van der Waals surface area contributed by atoms with Gasteiger partial charge in [0.05, 0.1) is 16.1 Å². The maximum atomic E-state index is 10.4. The van der Waals surface area contributed by atoms with Crippen LogP contribution in [0.4, 0.5) is 0 Å². The van der Waals surface area contributed by atoms with Gasteiger partial charge >= 0.3 is 0 Å². The minimum Gasteiger partial charge on any atom is -0.489 e. The predicted octanol–water partition coefficient (Wildman–Crippen LogP) is 7.02. The number of hydrogen-bond donors (Lipinski definition) is 1. The number of aliphatic hydroxyl groups is 1. The van der Waals surface area contributed by atoms with E-state index in [1.165, 1.54) is 0 Å². The zero-order valence-electron chi connectivity index (χ0n) is 17.3. The van der Waals surface area contributed by atoms with Gasteiger partial charge in [-0.1, -0.05) is 62.2 Å². The molecule has 0 heterocycles. The molecule has 3 nitrogen and oxygen atoms in total. The van der Waals surface area contributed by atoms with E-state index in [-0.39, 0.29) is 5.04 Å². The molecule has 0 amide bonds. The Hall–Kier alpha value is -1.04. The van der Waals surface area contributed by atoms with Crippen molar-refractivity contribution in [3.8, 4) is 5.75 Å². The first-order chi connectivity index (χ1) is 13.0. The predicted molar refractivity (Wildman–Crippen MR) is 120 cm³/mol. The molecule has 2 aromatic rings. The van der Waals surface area contributed by atoms with Gasteiger partial charge in [-0.25, -0.2) is 0 Å². The maximum Gasteiger partial charge on any atom is 0.191 e. The topological polar surface area (TPSA) is 38.7 Å². The lowest BCUT2D eigenvalue weighted by Gasteiger charge is -2.36. The van der Waals surface area contributed by atoms with Gasteiger partial charge < -0.3 is 14.3 Å². The van der Waals surface area contributed by atoms with E-state index < -0.39 is 14.4 Å². The molecule has 1 atom stereocenters. The number of ether oxygens (including phenoxy) is 1. The Balaban J connectivity index is 1.85. The standard InChI is InChI=1S/C22H30Cl2O3Si/c1-22(2,3)28(4,5)27-13-12-21(25)17-7-9-18(10-8-17)26-15-16-6-11-19(23)20(24)14-16/h6-11,14,21,25H,12-13,15H2,1-5H3/t21-/m1/s1. The van der Waals surface area contributed by atoms with Crippen LogP contribution in [0.2, 0.25) is 28.2 Å². The van der Waals surface area contributed by atoms with E-state index in [0.717, 1.165) is 16.9 Å². The summed E-state index contributed by atoms with van der Waals surface area (Å²) in [6, 6.07) is 12.9. The van der Waals surface area contributed by atoms with E-state index in [1.54, 1.807) is 12.1 Å². The van der Waals surface area contributed by atoms with Crippen molar-refractivity contribution >= 4 is 31.5 Å². The van der Waals surface area contributed by atoms with Crippen LogP contribution in [0.3, 0.4) is 0 Å². The summed E-state index contributed by atoms with van der Waals surface area (Å²) in [4.78, 5) is 0. The summed E-state index contributed by atoms with van der Waals surface area (Å²) in [5.41, 5.74) is 1.81. The molecule has 0 saturated heterocycles. The van der Waals surface area contributed by atoms with Crippen LogP contribution in [-0.2, 0) is 11.0 Å². The van der Waals surface area contributed by atoms with E-state index in [0.29, 0.717) is 29.7 Å². The van der Waals surface area contributed by atoms with Crippen LogP contribution < -0.4 is 4.74 Å². The van der Waals surface area contributed by atoms with E-state index >= 15 is 0 Å². The number of rotatable bonds is 8. The second-order valence-electron chi connectivity index (χ2n) is 8.52.